The molecule has 1 aromatic heterocycles. The van der Waals surface area contributed by atoms with Gasteiger partial charge in [0.2, 0.25) is 10.0 Å². The average Bonchev–Trinajstić information content (AvgIpc) is 3.26. The van der Waals surface area contributed by atoms with E-state index in [1.807, 2.05) is 32.0 Å². The number of hydrogen-bond acceptors (Lipinski definition) is 8. The van der Waals surface area contributed by atoms with Crippen molar-refractivity contribution < 1.29 is 23.2 Å². The van der Waals surface area contributed by atoms with Gasteiger partial charge in [-0.2, -0.15) is 4.31 Å². The Morgan fingerprint density at radius 2 is 1.67 bits per heavy atom. The number of fused-ring (bicyclic) bond motifs is 3. The minimum absolute atomic E-state index is 0.0680. The molecule has 1 amide bonds. The molecule has 2 bridgehead atoms. The predicted octanol–water partition coefficient (Wildman–Crippen LogP) is 0.456. The predicted molar refractivity (Wildman–Crippen MR) is 147 cm³/mol. The summed E-state index contributed by atoms with van der Waals surface area (Å²) >= 11 is 0. The number of piperazine rings is 1. The standard InChI is InChI=1S/C26H40N6O6S/c1-18(2)31-23-6-4-5-7-24(23)32(26(31)35)38-25(34)27-19-14-20-8-9-21(15-19)30(20)17-22(33)16-28-10-12-29(13-11-28)39(3,36)37/h4-7,18-22,33H,8-17H2,1-3H3,(H,27,34)/t19-,20-,21+,22?. The van der Waals surface area contributed by atoms with E-state index in [1.54, 1.807) is 10.6 Å². The van der Waals surface area contributed by atoms with Crippen LogP contribution in [0.3, 0.4) is 0 Å². The van der Waals surface area contributed by atoms with Gasteiger partial charge in [0.1, 0.15) is 5.52 Å². The molecule has 4 atom stereocenters. The minimum Gasteiger partial charge on any atom is -0.390 e. The van der Waals surface area contributed by atoms with E-state index in [1.165, 1.54) is 10.6 Å². The van der Waals surface area contributed by atoms with Crippen molar-refractivity contribution in [1.82, 2.24) is 28.7 Å². The Kier molecular flexibility index (Phi) is 8.07. The number of sulfonamides is 1. The molecule has 0 spiro atoms. The molecule has 12 nitrogen and oxygen atoms in total. The maximum Gasteiger partial charge on any atom is 0.432 e. The van der Waals surface area contributed by atoms with E-state index < -0.39 is 22.2 Å². The highest BCUT2D eigenvalue weighted by Crippen LogP contribution is 2.35. The van der Waals surface area contributed by atoms with Gasteiger partial charge < -0.3 is 15.3 Å². The van der Waals surface area contributed by atoms with E-state index in [2.05, 4.69) is 15.1 Å². The number of benzene rings is 1. The van der Waals surface area contributed by atoms with Crippen molar-refractivity contribution in [3.63, 3.8) is 0 Å². The SMILES string of the molecule is CC(C)n1c(=O)n(OC(=O)N[C@@H]2C[C@H]3CC[C@@H](C2)N3CC(O)CN2CCN(S(C)(=O)=O)CC2)c2ccccc21. The molecule has 2 N–H and O–H groups in total. The highest BCUT2D eigenvalue weighted by molar-refractivity contribution is 7.88. The van der Waals surface area contributed by atoms with E-state index in [9.17, 15) is 23.1 Å². The number of nitrogens with one attached hydrogen (secondary N) is 1. The fraction of sp³-hybridized carbons (Fsp3) is 0.692. The molecule has 13 heteroatoms. The second kappa shape index (κ2) is 11.2. The third kappa shape index (κ3) is 6.02. The van der Waals surface area contributed by atoms with Gasteiger partial charge in [-0.1, -0.05) is 12.1 Å². The third-order valence-corrected chi connectivity index (χ3v) is 9.63. The van der Waals surface area contributed by atoms with Crippen LogP contribution in [-0.4, -0.2) is 113 Å². The Morgan fingerprint density at radius 3 is 2.26 bits per heavy atom. The molecule has 0 saturated carbocycles. The van der Waals surface area contributed by atoms with E-state index in [0.29, 0.717) is 50.3 Å². The fourth-order valence-corrected chi connectivity index (χ4v) is 7.37. The average molecular weight is 565 g/mol. The zero-order chi connectivity index (χ0) is 27.9. The molecule has 2 aromatic rings. The first-order chi connectivity index (χ1) is 18.5. The summed E-state index contributed by atoms with van der Waals surface area (Å²) in [6.07, 6.45) is 3.60. The van der Waals surface area contributed by atoms with E-state index in [4.69, 9.17) is 4.84 Å². The quantitative estimate of drug-likeness (QED) is 0.473. The molecule has 1 aromatic carbocycles. The molecule has 5 rings (SSSR count). The molecule has 0 radical (unpaired) electrons. The summed E-state index contributed by atoms with van der Waals surface area (Å²) < 4.78 is 27.6. The number of aliphatic hydroxyl groups is 1. The van der Waals surface area contributed by atoms with E-state index >= 15 is 0 Å². The maximum absolute atomic E-state index is 13.0. The molecule has 3 saturated heterocycles. The first kappa shape index (κ1) is 28.1. The highest BCUT2D eigenvalue weighted by atomic mass is 32.2. The van der Waals surface area contributed by atoms with Crippen molar-refractivity contribution in [3.8, 4) is 0 Å². The second-order valence-electron chi connectivity index (χ2n) is 11.4. The van der Waals surface area contributed by atoms with Crippen LogP contribution in [0.4, 0.5) is 4.79 Å². The van der Waals surface area contributed by atoms with Crippen LogP contribution in [0.25, 0.3) is 11.0 Å². The third-order valence-electron chi connectivity index (χ3n) is 8.33. The highest BCUT2D eigenvalue weighted by Gasteiger charge is 2.42. The van der Waals surface area contributed by atoms with Crippen molar-refractivity contribution in [2.24, 2.45) is 0 Å². The number of amides is 1. The minimum atomic E-state index is -3.17. The van der Waals surface area contributed by atoms with Crippen LogP contribution < -0.4 is 15.8 Å². The molecular formula is C26H40N6O6S. The van der Waals surface area contributed by atoms with Gasteiger partial charge in [-0.15, -0.1) is 4.73 Å². The van der Waals surface area contributed by atoms with Crippen molar-refractivity contribution >= 4 is 27.1 Å². The summed E-state index contributed by atoms with van der Waals surface area (Å²) in [6.45, 7) is 7.04. The Balaban J connectivity index is 1.14. The number of hydrogen-bond donors (Lipinski definition) is 2. The van der Waals surface area contributed by atoms with Gasteiger partial charge in [-0.3, -0.25) is 14.4 Å². The first-order valence-corrected chi connectivity index (χ1v) is 15.7. The lowest BCUT2D eigenvalue weighted by molar-refractivity contribution is 0.0272. The number of aliphatic hydroxyl groups excluding tert-OH is 1. The summed E-state index contributed by atoms with van der Waals surface area (Å²) in [5.41, 5.74) is 0.878. The van der Waals surface area contributed by atoms with Crippen LogP contribution in [0, 0.1) is 0 Å². The van der Waals surface area contributed by atoms with Crippen LogP contribution in [0.5, 0.6) is 0 Å². The lowest BCUT2D eigenvalue weighted by Crippen LogP contribution is -2.55. The number of β-amino-alcohol motifs (C(OH)–C–C–N with tert-alkyl or cyclic N) is 1. The van der Waals surface area contributed by atoms with Crippen molar-refractivity contribution in [1.29, 1.82) is 0 Å². The van der Waals surface area contributed by atoms with Gasteiger partial charge in [0, 0.05) is 63.4 Å². The Bertz CT molecular complexity index is 1330. The van der Waals surface area contributed by atoms with E-state index in [0.717, 1.165) is 30.4 Å². The second-order valence-corrected chi connectivity index (χ2v) is 13.4. The zero-order valence-corrected chi connectivity index (χ0v) is 23.7. The van der Waals surface area contributed by atoms with Gasteiger partial charge in [0.25, 0.3) is 0 Å². The number of piperidine rings is 1. The summed E-state index contributed by atoms with van der Waals surface area (Å²) in [7, 11) is -3.17. The molecule has 3 fully saturated rings. The molecular weight excluding hydrogens is 524 g/mol. The molecule has 4 heterocycles. The summed E-state index contributed by atoms with van der Waals surface area (Å²) in [4.78, 5) is 35.8. The molecule has 3 aliphatic rings. The topological polar surface area (TPSA) is 129 Å². The van der Waals surface area contributed by atoms with Crippen molar-refractivity contribution in [2.45, 2.75) is 69.8 Å². The lowest BCUT2D eigenvalue weighted by atomic mass is 9.97. The van der Waals surface area contributed by atoms with Crippen molar-refractivity contribution in [3.05, 3.63) is 34.7 Å². The molecule has 0 aliphatic carbocycles. The summed E-state index contributed by atoms with van der Waals surface area (Å²) in [5.74, 6) is 0. The van der Waals surface area contributed by atoms with Crippen LogP contribution in [-0.2, 0) is 10.0 Å². The van der Waals surface area contributed by atoms with Crippen LogP contribution >= 0.6 is 0 Å². The van der Waals surface area contributed by atoms with Crippen LogP contribution in [0.1, 0.15) is 45.6 Å². The lowest BCUT2D eigenvalue weighted by Gasteiger charge is -2.41. The number of imidazole rings is 1. The Morgan fingerprint density at radius 1 is 1.05 bits per heavy atom. The monoisotopic (exact) mass is 564 g/mol. The number of aromatic nitrogens is 2. The number of para-hydroxylation sites is 2. The maximum atomic E-state index is 13.0. The number of carbonyl (C=O) groups excluding carboxylic acids is 1. The van der Waals surface area contributed by atoms with Gasteiger partial charge in [-0.05, 0) is 51.7 Å². The zero-order valence-electron chi connectivity index (χ0n) is 22.9. The van der Waals surface area contributed by atoms with Crippen molar-refractivity contribution in [2.75, 3.05) is 45.5 Å². The fourth-order valence-electron chi connectivity index (χ4n) is 6.54. The molecule has 3 aliphatic heterocycles. The Hall–Kier alpha value is -2.45. The van der Waals surface area contributed by atoms with Gasteiger partial charge in [0.15, 0.2) is 0 Å². The molecule has 39 heavy (non-hydrogen) atoms. The normalized spacial score (nSPS) is 25.8. The molecule has 1 unspecified atom stereocenters. The van der Waals surface area contributed by atoms with Crippen LogP contribution in [0.2, 0.25) is 0 Å². The first-order valence-electron chi connectivity index (χ1n) is 13.8. The largest absolute Gasteiger partial charge is 0.432 e. The number of rotatable bonds is 8. The smallest absolute Gasteiger partial charge is 0.390 e. The Labute approximate surface area is 229 Å². The van der Waals surface area contributed by atoms with Gasteiger partial charge >= 0.3 is 11.8 Å². The van der Waals surface area contributed by atoms with Gasteiger partial charge in [-0.25, -0.2) is 18.0 Å². The summed E-state index contributed by atoms with van der Waals surface area (Å²) in [6, 6.07) is 7.63. The van der Waals surface area contributed by atoms with Gasteiger partial charge in [0.05, 0.1) is 17.9 Å². The molecule has 216 valence electrons. The number of nitrogens with zero attached hydrogens (tertiary/aromatic N) is 5. The van der Waals surface area contributed by atoms with E-state index in [-0.39, 0.29) is 29.9 Å². The number of carbonyl (C=O) groups is 1. The summed E-state index contributed by atoms with van der Waals surface area (Å²) in [5, 5.41) is 13.8. The van der Waals surface area contributed by atoms with Crippen LogP contribution in [0.15, 0.2) is 29.1 Å².